The Balaban J connectivity index is -0.000000153. The number of hydrogen-bond acceptors (Lipinski definition) is 4. The molecule has 2 unspecified atom stereocenters. The summed E-state index contributed by atoms with van der Waals surface area (Å²) >= 11 is 0. The summed E-state index contributed by atoms with van der Waals surface area (Å²) in [7, 11) is 0.490. The van der Waals surface area contributed by atoms with E-state index in [1.165, 1.54) is 14.2 Å². The standard InChI is InChI=1S/C12H14FO4P.5CO.Mo/c1-5-6(2)10-8(12(15)17-4)7(11(14)16-3)9(5)18(10)13;5*1-2;/h9-10H,1-4H3;;;;;;. The third-order valence-corrected chi connectivity index (χ3v) is 5.86. The number of halogens is 1. The second-order valence-corrected chi connectivity index (χ2v) is 6.05. The molecule has 0 radical (unpaired) electrons. The molecule has 0 aliphatic carbocycles. The summed E-state index contributed by atoms with van der Waals surface area (Å²) in [5.41, 5.74) is 0.749. The summed E-state index contributed by atoms with van der Waals surface area (Å²) in [5, 5.41) is 0. The topological polar surface area (TPSA) is 152 Å². The number of rotatable bonds is 2. The van der Waals surface area contributed by atoms with Gasteiger partial charge in [-0.3, -0.25) is 0 Å². The number of carbonyl (C=O) groups excluding carboxylic acids is 2. The smallest absolute Gasteiger partial charge is 0 e. The van der Waals surface area contributed by atoms with E-state index in [-0.39, 0.29) is 32.2 Å². The van der Waals surface area contributed by atoms with Crippen molar-refractivity contribution in [3.63, 3.8) is 0 Å². The number of hydrogen-bond donors (Lipinski definition) is 0. The van der Waals surface area contributed by atoms with Gasteiger partial charge in [0.25, 0.3) is 0 Å². The summed E-state index contributed by atoms with van der Waals surface area (Å²) in [6.45, 7) is 26.1. The van der Waals surface area contributed by atoms with Gasteiger partial charge in [0.2, 0.25) is 0 Å². The summed E-state index contributed by atoms with van der Waals surface area (Å²) < 4.78 is 61.2. The van der Waals surface area contributed by atoms with Gasteiger partial charge in [-0.2, -0.15) is 0 Å². The number of carbonyl (C=O) groups is 2. The molecule has 2 heterocycles. The van der Waals surface area contributed by atoms with E-state index in [4.69, 9.17) is 23.3 Å². The molecule has 0 saturated heterocycles. The van der Waals surface area contributed by atoms with E-state index in [1.807, 2.05) is 0 Å². The average Bonchev–Trinajstić information content (AvgIpc) is 3.21. The van der Waals surface area contributed by atoms with Crippen LogP contribution in [0, 0.1) is 33.3 Å². The van der Waals surface area contributed by atoms with E-state index in [0.29, 0.717) is 0 Å². The van der Waals surface area contributed by atoms with Crippen molar-refractivity contribution in [2.75, 3.05) is 14.2 Å². The molecule has 12 heteroatoms. The van der Waals surface area contributed by atoms with Gasteiger partial charge in [-0.25, -0.2) is 13.8 Å². The Hall–Kier alpha value is -1.83. The molecule has 2 bridgehead atoms. The molecule has 2 rings (SSSR count). The van der Waals surface area contributed by atoms with Crippen molar-refractivity contribution in [3.05, 3.63) is 55.5 Å². The molecule has 0 saturated carbocycles. The Morgan fingerprint density at radius 3 is 1.14 bits per heavy atom. The number of fused-ring (bicyclic) bond motifs is 2. The largest absolute Gasteiger partial charge is 0 e. The Bertz CT molecular complexity index is 627. The first-order valence-electron chi connectivity index (χ1n) is 6.49. The van der Waals surface area contributed by atoms with Crippen LogP contribution in [0.5, 0.6) is 0 Å². The van der Waals surface area contributed by atoms with E-state index in [9.17, 15) is 13.8 Å². The Morgan fingerprint density at radius 2 is 0.966 bits per heavy atom. The van der Waals surface area contributed by atoms with Gasteiger partial charge in [-0.1, -0.05) is 11.1 Å². The number of methoxy groups -OCH3 is 2. The monoisotopic (exact) mass is 510 g/mol. The van der Waals surface area contributed by atoms with Crippen LogP contribution in [0.3, 0.4) is 0 Å². The fraction of sp³-hybridized carbons (Fsp3) is 0.353. The molecule has 0 amide bonds. The fourth-order valence-corrected chi connectivity index (χ4v) is 5.02. The molecule has 154 valence electrons. The Kier molecular flexibility index (Phi) is 29.3. The van der Waals surface area contributed by atoms with Gasteiger partial charge in [0.05, 0.1) is 36.7 Å². The first-order valence-corrected chi connectivity index (χ1v) is 7.86. The Labute approximate surface area is 182 Å². The van der Waals surface area contributed by atoms with Crippen LogP contribution in [0.15, 0.2) is 22.3 Å². The van der Waals surface area contributed by atoms with E-state index in [2.05, 4.69) is 42.7 Å². The molecule has 0 aromatic carbocycles. The summed E-state index contributed by atoms with van der Waals surface area (Å²) in [5.74, 6) is -1.28. The van der Waals surface area contributed by atoms with Crippen LogP contribution < -0.4 is 0 Å². The average molecular weight is 508 g/mol. The maximum Gasteiger partial charge on any atom is 0 e. The van der Waals surface area contributed by atoms with Crippen LogP contribution in [0.4, 0.5) is 4.20 Å². The Morgan fingerprint density at radius 1 is 0.759 bits per heavy atom. The van der Waals surface area contributed by atoms with Crippen LogP contribution in [-0.4, -0.2) is 37.5 Å². The van der Waals surface area contributed by atoms with Crippen molar-refractivity contribution < 1.29 is 67.6 Å². The quantitative estimate of drug-likeness (QED) is 0.140. The predicted molar refractivity (Wildman–Crippen MR) is 84.7 cm³/mol. The van der Waals surface area contributed by atoms with Gasteiger partial charge < -0.3 is 9.47 Å². The van der Waals surface area contributed by atoms with E-state index in [0.717, 1.165) is 11.1 Å². The number of allylic oxidation sites excluding steroid dienone is 2. The SMILES string of the molecule is COC(=O)C1=C(C(=O)OC)C2C(C)=C(C)C1P2F.[C-]#[O+].[C-]#[O+].[C-]#[O+].[C-]#[O+].[C-]#[O+].[Mo]. The maximum absolute atomic E-state index is 14.3. The zero-order valence-electron chi connectivity index (χ0n) is 15.6. The van der Waals surface area contributed by atoms with Crippen molar-refractivity contribution in [1.29, 1.82) is 0 Å². The summed E-state index contributed by atoms with van der Waals surface area (Å²) in [6.07, 6.45) is 0. The molecular weight excluding hydrogens is 494 g/mol. The van der Waals surface area contributed by atoms with Crippen molar-refractivity contribution in [3.8, 4) is 0 Å². The minimum Gasteiger partial charge on any atom is 0 e. The minimum atomic E-state index is -1.96. The second kappa shape index (κ2) is 22.5. The maximum atomic E-state index is 14.3. The van der Waals surface area contributed by atoms with Crippen molar-refractivity contribution in [2.45, 2.75) is 25.2 Å². The van der Waals surface area contributed by atoms with Gasteiger partial charge in [0.1, 0.15) is 8.23 Å². The zero-order chi connectivity index (χ0) is 23.6. The normalized spacial score (nSPS) is 18.9. The predicted octanol–water partition coefficient (Wildman–Crippen LogP) is 1.91. The van der Waals surface area contributed by atoms with Gasteiger partial charge in [-0.05, 0) is 13.8 Å². The van der Waals surface area contributed by atoms with Gasteiger partial charge >= 0.3 is 68.5 Å². The zero-order valence-corrected chi connectivity index (χ0v) is 18.5. The molecule has 2 atom stereocenters. The van der Waals surface area contributed by atoms with Crippen LogP contribution in [0.1, 0.15) is 13.8 Å². The van der Waals surface area contributed by atoms with Crippen LogP contribution in [0.2, 0.25) is 0 Å². The second-order valence-electron chi connectivity index (χ2n) is 4.33. The third kappa shape index (κ3) is 8.60. The van der Waals surface area contributed by atoms with E-state index in [1.54, 1.807) is 13.8 Å². The molecule has 2 aliphatic heterocycles. The first kappa shape index (κ1) is 37.9. The van der Waals surface area contributed by atoms with Crippen molar-refractivity contribution in [1.82, 2.24) is 0 Å². The van der Waals surface area contributed by atoms with E-state index >= 15 is 0 Å². The van der Waals surface area contributed by atoms with Crippen molar-refractivity contribution >= 4 is 20.2 Å². The van der Waals surface area contributed by atoms with Gasteiger partial charge in [0.15, 0.2) is 0 Å². The molecule has 0 aromatic heterocycles. The third-order valence-electron chi connectivity index (χ3n) is 3.58. The van der Waals surface area contributed by atoms with Gasteiger partial charge in [0, 0.05) is 21.1 Å². The fourth-order valence-electron chi connectivity index (χ4n) is 2.59. The molecule has 0 fully saturated rings. The molecule has 2 aliphatic rings. The van der Waals surface area contributed by atoms with Gasteiger partial charge in [-0.15, -0.1) is 0 Å². The molecule has 0 N–H and O–H groups in total. The molecule has 0 spiro atoms. The van der Waals surface area contributed by atoms with Crippen LogP contribution >= 0.6 is 8.23 Å². The minimum absolute atomic E-state index is 0. The van der Waals surface area contributed by atoms with Crippen LogP contribution in [-0.2, 0) is 63.4 Å². The summed E-state index contributed by atoms with van der Waals surface area (Å²) in [6, 6.07) is 0. The molecule has 0 aromatic rings. The van der Waals surface area contributed by atoms with Crippen molar-refractivity contribution in [2.24, 2.45) is 0 Å². The summed E-state index contributed by atoms with van der Waals surface area (Å²) in [4.78, 5) is 23.5. The van der Waals surface area contributed by atoms with E-state index < -0.39 is 31.5 Å². The molecule has 9 nitrogen and oxygen atoms in total. The number of ether oxygens (including phenoxy) is 2. The molecular formula is C17H14FMoO9P. The van der Waals surface area contributed by atoms with Crippen LogP contribution in [0.25, 0.3) is 0 Å². The number of esters is 2. The first-order chi connectivity index (χ1) is 13.5. The molecule has 29 heavy (non-hydrogen) atoms.